The van der Waals surface area contributed by atoms with E-state index in [9.17, 15) is 14.4 Å². The van der Waals surface area contributed by atoms with Crippen LogP contribution in [0, 0.1) is 12.8 Å². The molecule has 4 aromatic rings. The van der Waals surface area contributed by atoms with Crippen LogP contribution in [0.4, 0.5) is 11.8 Å². The Morgan fingerprint density at radius 2 is 1.78 bits per heavy atom. The van der Waals surface area contributed by atoms with Crippen LogP contribution >= 0.6 is 0 Å². The van der Waals surface area contributed by atoms with Crippen molar-refractivity contribution in [3.63, 3.8) is 0 Å². The van der Waals surface area contributed by atoms with Crippen LogP contribution in [0.1, 0.15) is 68.3 Å². The molecule has 2 fully saturated rings. The average Bonchev–Trinajstić information content (AvgIpc) is 3.86. The van der Waals surface area contributed by atoms with Crippen LogP contribution in [-0.2, 0) is 50.0 Å². The van der Waals surface area contributed by atoms with E-state index in [1.807, 2.05) is 11.0 Å². The van der Waals surface area contributed by atoms with Gasteiger partial charge in [0.05, 0.1) is 57.7 Å². The van der Waals surface area contributed by atoms with E-state index in [1.165, 1.54) is 28.0 Å². The molecule has 16 heteroatoms. The van der Waals surface area contributed by atoms with Gasteiger partial charge >= 0.3 is 0 Å². The Balaban J connectivity index is 0.852. The monoisotopic (exact) mass is 757 g/mol. The molecule has 3 aromatic heterocycles. The van der Waals surface area contributed by atoms with Crippen molar-refractivity contribution in [2.24, 2.45) is 5.92 Å². The molecule has 3 N–H and O–H groups in total. The first-order valence-electron chi connectivity index (χ1n) is 19.5. The molecule has 5 heterocycles. The lowest BCUT2D eigenvalue weighted by molar-refractivity contribution is -0.140. The Bertz CT molecular complexity index is 1920. The second-order valence-electron chi connectivity index (χ2n) is 14.5. The zero-order valence-electron chi connectivity index (χ0n) is 32.4. The number of aryl methyl sites for hydroxylation is 1. The van der Waals surface area contributed by atoms with Gasteiger partial charge in [-0.3, -0.25) is 24.2 Å². The first-order valence-corrected chi connectivity index (χ1v) is 19.5. The van der Waals surface area contributed by atoms with Crippen LogP contribution in [0.2, 0.25) is 0 Å². The standard InChI is InChI=1S/C39H55N11O5/c1-4-5-6-11-41-37-36-33(42-39(40)43-37)9-12-48(36)25-31-8-7-30(22-28(31)2)24-46-13-15-47(16-14-46)34(51)10-18-54-20-21-55-19-17-49-26-32(44-45-49)27-50-35(52)23-29(3)38(50)53/h7-9,12,22,26,29H,4-6,10-11,13-21,23-25,27H2,1-3H3,(H3,40,41,42,43). The maximum Gasteiger partial charge on any atom is 0.232 e. The predicted octanol–water partition coefficient (Wildman–Crippen LogP) is 3.23. The van der Waals surface area contributed by atoms with Crippen molar-refractivity contribution in [1.82, 2.24) is 44.2 Å². The molecule has 0 spiro atoms. The van der Waals surface area contributed by atoms with Gasteiger partial charge in [0.2, 0.25) is 23.7 Å². The number of hydrogen-bond donors (Lipinski definition) is 2. The molecule has 0 saturated carbocycles. The summed E-state index contributed by atoms with van der Waals surface area (Å²) in [5, 5.41) is 11.6. The number of aromatic nitrogens is 6. The molecular weight excluding hydrogens is 703 g/mol. The fourth-order valence-corrected chi connectivity index (χ4v) is 7.09. The molecule has 2 aliphatic rings. The number of fused-ring (bicyclic) bond motifs is 1. The molecule has 2 saturated heterocycles. The molecule has 296 valence electrons. The summed E-state index contributed by atoms with van der Waals surface area (Å²) in [5.41, 5.74) is 12.1. The molecule has 1 aromatic carbocycles. The van der Waals surface area contributed by atoms with Gasteiger partial charge in [-0.1, -0.05) is 50.1 Å². The van der Waals surface area contributed by atoms with E-state index in [4.69, 9.17) is 15.2 Å². The van der Waals surface area contributed by atoms with Gasteiger partial charge in [-0.05, 0) is 36.1 Å². The number of rotatable bonds is 20. The van der Waals surface area contributed by atoms with Crippen molar-refractivity contribution in [1.29, 1.82) is 0 Å². The molecule has 1 unspecified atom stereocenters. The summed E-state index contributed by atoms with van der Waals surface area (Å²) in [4.78, 5) is 51.5. The van der Waals surface area contributed by atoms with Gasteiger partial charge in [-0.25, -0.2) is 9.67 Å². The number of carbonyl (C=O) groups excluding carboxylic acids is 3. The number of anilines is 2. The SMILES string of the molecule is CCCCCNc1nc(N)nc2ccn(Cc3ccc(CN4CCN(C(=O)CCOCCOCCn5cc(CN6C(=O)CC(C)C6=O)nn5)CC4)cc3C)c12. The Hall–Kier alpha value is -4.93. The third-order valence-electron chi connectivity index (χ3n) is 10.3. The molecule has 0 bridgehead atoms. The molecular formula is C39H55N11O5. The summed E-state index contributed by atoms with van der Waals surface area (Å²) in [6.45, 7) is 13.8. The van der Waals surface area contributed by atoms with Crippen LogP contribution in [-0.4, -0.2) is 121 Å². The van der Waals surface area contributed by atoms with E-state index in [1.54, 1.807) is 17.8 Å². The summed E-state index contributed by atoms with van der Waals surface area (Å²) in [6, 6.07) is 8.69. The van der Waals surface area contributed by atoms with Gasteiger partial charge in [-0.2, -0.15) is 4.98 Å². The number of carbonyl (C=O) groups is 3. The minimum atomic E-state index is -0.280. The zero-order chi connectivity index (χ0) is 38.7. The third-order valence-corrected chi connectivity index (χ3v) is 10.3. The number of benzene rings is 1. The van der Waals surface area contributed by atoms with Crippen LogP contribution < -0.4 is 11.1 Å². The molecule has 0 aliphatic carbocycles. The highest BCUT2D eigenvalue weighted by Gasteiger charge is 2.35. The summed E-state index contributed by atoms with van der Waals surface area (Å²) >= 11 is 0. The molecule has 55 heavy (non-hydrogen) atoms. The molecule has 3 amide bonds. The van der Waals surface area contributed by atoms with Gasteiger partial charge < -0.3 is 30.0 Å². The average molecular weight is 758 g/mol. The summed E-state index contributed by atoms with van der Waals surface area (Å²) in [5.74, 6) is 0.550. The van der Waals surface area contributed by atoms with Crippen LogP contribution in [0.3, 0.4) is 0 Å². The Morgan fingerprint density at radius 3 is 2.53 bits per heavy atom. The normalized spacial score (nSPS) is 16.5. The van der Waals surface area contributed by atoms with Crippen molar-refractivity contribution in [2.75, 3.05) is 70.2 Å². The number of ether oxygens (including phenoxy) is 2. The lowest BCUT2D eigenvalue weighted by atomic mass is 10.0. The van der Waals surface area contributed by atoms with Crippen molar-refractivity contribution in [3.05, 3.63) is 59.0 Å². The molecule has 6 rings (SSSR count). The van der Waals surface area contributed by atoms with E-state index in [0.29, 0.717) is 64.7 Å². The fourth-order valence-electron chi connectivity index (χ4n) is 7.09. The van der Waals surface area contributed by atoms with E-state index < -0.39 is 0 Å². The Labute approximate surface area is 322 Å². The number of piperazine rings is 1. The molecule has 0 radical (unpaired) electrons. The number of amides is 3. The van der Waals surface area contributed by atoms with Crippen molar-refractivity contribution in [2.45, 2.75) is 79.1 Å². The van der Waals surface area contributed by atoms with Gasteiger partial charge in [0.1, 0.15) is 11.2 Å². The largest absolute Gasteiger partial charge is 0.379 e. The summed E-state index contributed by atoms with van der Waals surface area (Å²) in [6.07, 6.45) is 7.77. The van der Waals surface area contributed by atoms with Crippen LogP contribution in [0.5, 0.6) is 0 Å². The highest BCUT2D eigenvalue weighted by atomic mass is 16.5. The Morgan fingerprint density at radius 1 is 0.982 bits per heavy atom. The van der Waals surface area contributed by atoms with Gasteiger partial charge in [0.25, 0.3) is 0 Å². The van der Waals surface area contributed by atoms with Crippen LogP contribution in [0.15, 0.2) is 36.7 Å². The zero-order valence-corrected chi connectivity index (χ0v) is 32.4. The highest BCUT2D eigenvalue weighted by molar-refractivity contribution is 6.03. The maximum atomic E-state index is 12.8. The third kappa shape index (κ3) is 10.6. The van der Waals surface area contributed by atoms with Gasteiger partial charge in [-0.15, -0.1) is 5.10 Å². The van der Waals surface area contributed by atoms with Crippen molar-refractivity contribution in [3.8, 4) is 0 Å². The van der Waals surface area contributed by atoms with E-state index in [-0.39, 0.29) is 42.6 Å². The van der Waals surface area contributed by atoms with E-state index in [2.05, 4.69) is 73.3 Å². The summed E-state index contributed by atoms with van der Waals surface area (Å²) in [7, 11) is 0. The molecule has 16 nitrogen and oxygen atoms in total. The first kappa shape index (κ1) is 39.8. The maximum absolute atomic E-state index is 12.8. The number of nitrogens with zero attached hydrogens (tertiary/aromatic N) is 9. The van der Waals surface area contributed by atoms with Crippen LogP contribution in [0.25, 0.3) is 11.0 Å². The number of hydrogen-bond acceptors (Lipinski definition) is 12. The highest BCUT2D eigenvalue weighted by Crippen LogP contribution is 2.25. The lowest BCUT2D eigenvalue weighted by Crippen LogP contribution is -2.48. The smallest absolute Gasteiger partial charge is 0.232 e. The van der Waals surface area contributed by atoms with Crippen molar-refractivity contribution >= 4 is 40.5 Å². The quantitative estimate of drug-likeness (QED) is 0.0995. The number of nitrogens with one attached hydrogen (secondary N) is 1. The lowest BCUT2D eigenvalue weighted by Gasteiger charge is -2.35. The van der Waals surface area contributed by atoms with Crippen molar-refractivity contribution < 1.29 is 23.9 Å². The fraction of sp³-hybridized carbons (Fsp3) is 0.564. The van der Waals surface area contributed by atoms with Gasteiger partial charge in [0.15, 0.2) is 5.82 Å². The van der Waals surface area contributed by atoms with E-state index >= 15 is 0 Å². The minimum Gasteiger partial charge on any atom is -0.379 e. The van der Waals surface area contributed by atoms with Gasteiger partial charge in [0, 0.05) is 64.3 Å². The molecule has 1 atom stereocenters. The summed E-state index contributed by atoms with van der Waals surface area (Å²) < 4.78 is 15.1. The Kier molecular flexibility index (Phi) is 13.8. The number of imide groups is 1. The topological polar surface area (TPSA) is 179 Å². The predicted molar refractivity (Wildman–Crippen MR) is 208 cm³/mol. The number of nitrogens with two attached hydrogens (primary N) is 1. The molecule has 2 aliphatic heterocycles. The number of likely N-dealkylation sites (tertiary alicyclic amines) is 1. The second-order valence-corrected chi connectivity index (χ2v) is 14.5. The second kappa shape index (κ2) is 19.1. The minimum absolute atomic E-state index is 0.111. The van der Waals surface area contributed by atoms with E-state index in [0.717, 1.165) is 55.9 Å². The number of unbranched alkanes of at least 4 members (excludes halogenated alkanes) is 2. The number of nitrogen functional groups attached to an aromatic ring is 1. The first-order chi connectivity index (χ1) is 26.7.